The summed E-state index contributed by atoms with van der Waals surface area (Å²) < 4.78 is 1.77. The van der Waals surface area contributed by atoms with Crippen molar-refractivity contribution in [3.05, 3.63) is 48.3 Å². The number of benzene rings is 1. The second-order valence-electron chi connectivity index (χ2n) is 7.97. The van der Waals surface area contributed by atoms with Crippen molar-refractivity contribution in [1.82, 2.24) is 19.6 Å². The third-order valence-electron chi connectivity index (χ3n) is 6.34. The van der Waals surface area contributed by atoms with Crippen LogP contribution in [0.4, 0.5) is 0 Å². The fourth-order valence-corrected chi connectivity index (χ4v) is 4.65. The summed E-state index contributed by atoms with van der Waals surface area (Å²) in [5, 5.41) is 4.24. The van der Waals surface area contributed by atoms with Gasteiger partial charge in [-0.05, 0) is 61.8 Å². The molecule has 0 unspecified atom stereocenters. The van der Waals surface area contributed by atoms with E-state index in [1.165, 1.54) is 0 Å². The number of carbonyl (C=O) groups excluding carboxylic acids is 2. The molecule has 4 rings (SSSR count). The normalized spacial score (nSPS) is 19.0. The van der Waals surface area contributed by atoms with Gasteiger partial charge in [0.05, 0.1) is 5.69 Å². The maximum absolute atomic E-state index is 13.0. The molecule has 6 heteroatoms. The molecular weight excluding hydrogens is 352 g/mol. The number of hydrogen-bond donors (Lipinski definition) is 0. The molecule has 0 radical (unpaired) electrons. The highest BCUT2D eigenvalue weighted by Crippen LogP contribution is 2.33. The van der Waals surface area contributed by atoms with Crippen LogP contribution in [0.25, 0.3) is 5.69 Å². The SMILES string of the molecule is CC(=O)N1CCC(C2CCN(C(=O)c3cccc(-n4cccn4)c3)CC2)CC1. The summed E-state index contributed by atoms with van der Waals surface area (Å²) in [4.78, 5) is 28.4. The molecule has 1 aromatic carbocycles. The number of amides is 2. The lowest BCUT2D eigenvalue weighted by atomic mass is 9.78. The van der Waals surface area contributed by atoms with Crippen LogP contribution in [-0.2, 0) is 4.79 Å². The average Bonchev–Trinajstić information content (AvgIpc) is 3.28. The topological polar surface area (TPSA) is 58.4 Å². The van der Waals surface area contributed by atoms with Crippen LogP contribution in [0.1, 0.15) is 43.0 Å². The first-order valence-corrected chi connectivity index (χ1v) is 10.3. The van der Waals surface area contributed by atoms with Gasteiger partial charge in [-0.2, -0.15) is 5.10 Å². The summed E-state index contributed by atoms with van der Waals surface area (Å²) in [6.07, 6.45) is 7.95. The van der Waals surface area contributed by atoms with Crippen LogP contribution in [-0.4, -0.2) is 57.6 Å². The third kappa shape index (κ3) is 3.96. The summed E-state index contributed by atoms with van der Waals surface area (Å²) in [6.45, 7) is 5.08. The van der Waals surface area contributed by atoms with Gasteiger partial charge in [0.2, 0.25) is 5.91 Å². The fraction of sp³-hybridized carbons (Fsp3) is 0.500. The van der Waals surface area contributed by atoms with Crippen molar-refractivity contribution in [2.75, 3.05) is 26.2 Å². The molecule has 2 aliphatic rings. The van der Waals surface area contributed by atoms with Crippen molar-refractivity contribution in [1.29, 1.82) is 0 Å². The van der Waals surface area contributed by atoms with Gasteiger partial charge in [-0.1, -0.05) is 6.07 Å². The number of piperidine rings is 2. The van der Waals surface area contributed by atoms with Gasteiger partial charge in [0.15, 0.2) is 0 Å². The van der Waals surface area contributed by atoms with Crippen LogP contribution < -0.4 is 0 Å². The summed E-state index contributed by atoms with van der Waals surface area (Å²) in [5.41, 5.74) is 1.63. The highest BCUT2D eigenvalue weighted by Gasteiger charge is 2.31. The number of rotatable bonds is 3. The van der Waals surface area contributed by atoms with Crippen LogP contribution >= 0.6 is 0 Å². The van der Waals surface area contributed by atoms with E-state index in [1.807, 2.05) is 46.3 Å². The zero-order valence-corrected chi connectivity index (χ0v) is 16.5. The van der Waals surface area contributed by atoms with E-state index in [0.29, 0.717) is 11.8 Å². The number of likely N-dealkylation sites (tertiary alicyclic amines) is 2. The first-order valence-electron chi connectivity index (χ1n) is 10.3. The van der Waals surface area contributed by atoms with E-state index in [9.17, 15) is 9.59 Å². The zero-order chi connectivity index (χ0) is 19.5. The number of hydrogen-bond acceptors (Lipinski definition) is 3. The lowest BCUT2D eigenvalue weighted by Crippen LogP contribution is -2.43. The largest absolute Gasteiger partial charge is 0.343 e. The van der Waals surface area contributed by atoms with Crippen molar-refractivity contribution in [3.63, 3.8) is 0 Å². The second kappa shape index (κ2) is 8.17. The van der Waals surface area contributed by atoms with E-state index >= 15 is 0 Å². The van der Waals surface area contributed by atoms with Crippen LogP contribution in [0.15, 0.2) is 42.7 Å². The Hall–Kier alpha value is -2.63. The van der Waals surface area contributed by atoms with Gasteiger partial charge < -0.3 is 9.80 Å². The molecule has 2 aliphatic heterocycles. The molecular formula is C22H28N4O2. The third-order valence-corrected chi connectivity index (χ3v) is 6.34. The van der Waals surface area contributed by atoms with Gasteiger partial charge in [-0.3, -0.25) is 9.59 Å². The lowest BCUT2D eigenvalue weighted by molar-refractivity contribution is -0.130. The van der Waals surface area contributed by atoms with Gasteiger partial charge >= 0.3 is 0 Å². The summed E-state index contributed by atoms with van der Waals surface area (Å²) in [6, 6.07) is 9.56. The van der Waals surface area contributed by atoms with Gasteiger partial charge in [0, 0.05) is 51.1 Å². The molecule has 0 N–H and O–H groups in total. The summed E-state index contributed by atoms with van der Waals surface area (Å²) in [7, 11) is 0. The van der Waals surface area contributed by atoms with Crippen molar-refractivity contribution < 1.29 is 9.59 Å². The first-order chi connectivity index (χ1) is 13.6. The second-order valence-corrected chi connectivity index (χ2v) is 7.97. The Labute approximate surface area is 166 Å². The molecule has 0 bridgehead atoms. The number of carbonyl (C=O) groups is 2. The van der Waals surface area contributed by atoms with Gasteiger partial charge in [-0.15, -0.1) is 0 Å². The highest BCUT2D eigenvalue weighted by molar-refractivity contribution is 5.94. The minimum Gasteiger partial charge on any atom is -0.343 e. The smallest absolute Gasteiger partial charge is 0.253 e. The lowest BCUT2D eigenvalue weighted by Gasteiger charge is -2.40. The van der Waals surface area contributed by atoms with E-state index in [0.717, 1.165) is 63.1 Å². The Morgan fingerprint density at radius 1 is 0.929 bits per heavy atom. The Kier molecular flexibility index (Phi) is 5.46. The first kappa shape index (κ1) is 18.7. The summed E-state index contributed by atoms with van der Waals surface area (Å²) >= 11 is 0. The molecule has 6 nitrogen and oxygen atoms in total. The van der Waals surface area contributed by atoms with E-state index in [2.05, 4.69) is 5.10 Å². The molecule has 2 amide bonds. The van der Waals surface area contributed by atoms with Crippen molar-refractivity contribution in [2.24, 2.45) is 11.8 Å². The number of nitrogens with zero attached hydrogens (tertiary/aromatic N) is 4. The van der Waals surface area contributed by atoms with Gasteiger partial charge in [-0.25, -0.2) is 4.68 Å². The Morgan fingerprint density at radius 2 is 1.57 bits per heavy atom. The van der Waals surface area contributed by atoms with Crippen LogP contribution in [0.3, 0.4) is 0 Å². The summed E-state index contributed by atoms with van der Waals surface area (Å²) in [5.74, 6) is 1.67. The van der Waals surface area contributed by atoms with E-state index in [-0.39, 0.29) is 11.8 Å². The van der Waals surface area contributed by atoms with Crippen molar-refractivity contribution in [3.8, 4) is 5.69 Å². The van der Waals surface area contributed by atoms with E-state index in [1.54, 1.807) is 17.8 Å². The number of aromatic nitrogens is 2. The minimum atomic E-state index is 0.110. The fourth-order valence-electron chi connectivity index (χ4n) is 4.65. The van der Waals surface area contributed by atoms with Crippen LogP contribution in [0.5, 0.6) is 0 Å². The Bertz CT molecular complexity index is 817. The molecule has 148 valence electrons. The van der Waals surface area contributed by atoms with Crippen LogP contribution in [0, 0.1) is 11.8 Å². The highest BCUT2D eigenvalue weighted by atomic mass is 16.2. The quantitative estimate of drug-likeness (QED) is 0.823. The average molecular weight is 380 g/mol. The Balaban J connectivity index is 1.33. The molecule has 0 spiro atoms. The van der Waals surface area contributed by atoms with Gasteiger partial charge in [0.1, 0.15) is 0 Å². The predicted molar refractivity (Wildman–Crippen MR) is 107 cm³/mol. The van der Waals surface area contributed by atoms with E-state index in [4.69, 9.17) is 0 Å². The maximum atomic E-state index is 13.0. The van der Waals surface area contributed by atoms with Crippen molar-refractivity contribution >= 4 is 11.8 Å². The molecule has 2 saturated heterocycles. The Morgan fingerprint density at radius 3 is 2.14 bits per heavy atom. The zero-order valence-electron chi connectivity index (χ0n) is 16.5. The molecule has 0 atom stereocenters. The van der Waals surface area contributed by atoms with E-state index < -0.39 is 0 Å². The molecule has 2 fully saturated rings. The molecule has 2 aromatic rings. The van der Waals surface area contributed by atoms with Gasteiger partial charge in [0.25, 0.3) is 5.91 Å². The molecule has 1 aromatic heterocycles. The maximum Gasteiger partial charge on any atom is 0.253 e. The predicted octanol–water partition coefficient (Wildman–Crippen LogP) is 2.98. The minimum absolute atomic E-state index is 0.110. The molecule has 28 heavy (non-hydrogen) atoms. The van der Waals surface area contributed by atoms with Crippen LogP contribution in [0.2, 0.25) is 0 Å². The monoisotopic (exact) mass is 380 g/mol. The molecule has 0 saturated carbocycles. The van der Waals surface area contributed by atoms with Crippen molar-refractivity contribution in [2.45, 2.75) is 32.6 Å². The molecule has 0 aliphatic carbocycles. The standard InChI is InChI=1S/C22H28N4O2/c1-17(27)24-12-6-18(7-13-24)19-8-14-25(15-9-19)22(28)20-4-2-5-21(16-20)26-11-3-10-23-26/h2-5,10-11,16,18-19H,6-9,12-15H2,1H3. The molecule has 3 heterocycles.